The molecule has 2 aromatic heterocycles. The summed E-state index contributed by atoms with van der Waals surface area (Å²) < 4.78 is 0.857. The average molecular weight is 389 g/mol. The third kappa shape index (κ3) is 5.27. The van der Waals surface area contributed by atoms with Gasteiger partial charge in [0.1, 0.15) is 5.82 Å². The number of anilines is 4. The van der Waals surface area contributed by atoms with Crippen LogP contribution in [0.25, 0.3) is 0 Å². The first-order valence-corrected chi connectivity index (χ1v) is 9.97. The molecule has 8 nitrogen and oxygen atoms in total. The van der Waals surface area contributed by atoms with Crippen molar-refractivity contribution in [1.29, 1.82) is 0 Å². The van der Waals surface area contributed by atoms with E-state index in [1.807, 2.05) is 31.2 Å². The van der Waals surface area contributed by atoms with Gasteiger partial charge >= 0.3 is 0 Å². The standard InChI is InChI=1S/C16H20N8S2/c1-3-8-18-15-23-24-16(26-15)25-9-12-20-13(17)22-14(21-12)19-11-6-4-10(2)5-7-11/h4-7H,3,8-9H2,1-2H3,(H,18,23)(H3,17,19,20,21,22). The zero-order chi connectivity index (χ0) is 18.4. The van der Waals surface area contributed by atoms with Crippen molar-refractivity contribution in [2.24, 2.45) is 0 Å². The number of hydrogen-bond acceptors (Lipinski definition) is 10. The Kier molecular flexibility index (Phi) is 6.18. The Balaban J connectivity index is 1.63. The summed E-state index contributed by atoms with van der Waals surface area (Å²) in [5, 5.41) is 15.5. The van der Waals surface area contributed by atoms with Crippen molar-refractivity contribution in [3.05, 3.63) is 35.7 Å². The van der Waals surface area contributed by atoms with Gasteiger partial charge in [0.15, 0.2) is 4.34 Å². The Morgan fingerprint density at radius 2 is 1.92 bits per heavy atom. The van der Waals surface area contributed by atoms with Crippen LogP contribution in [0, 0.1) is 6.92 Å². The van der Waals surface area contributed by atoms with Crippen molar-refractivity contribution in [3.63, 3.8) is 0 Å². The first-order valence-electron chi connectivity index (χ1n) is 8.16. The molecule has 26 heavy (non-hydrogen) atoms. The highest BCUT2D eigenvalue weighted by molar-refractivity contribution is 8.00. The second-order valence-electron chi connectivity index (χ2n) is 5.51. The van der Waals surface area contributed by atoms with E-state index in [0.29, 0.717) is 17.5 Å². The number of aromatic nitrogens is 5. The Hall–Kier alpha value is -2.46. The summed E-state index contributed by atoms with van der Waals surface area (Å²) in [4.78, 5) is 12.8. The smallest absolute Gasteiger partial charge is 0.232 e. The highest BCUT2D eigenvalue weighted by Gasteiger charge is 2.09. The molecule has 0 spiro atoms. The molecule has 0 aliphatic carbocycles. The van der Waals surface area contributed by atoms with Gasteiger partial charge in [-0.2, -0.15) is 15.0 Å². The molecule has 1 aromatic carbocycles. The van der Waals surface area contributed by atoms with Crippen LogP contribution in [0.5, 0.6) is 0 Å². The number of hydrogen-bond donors (Lipinski definition) is 3. The number of nitrogens with zero attached hydrogens (tertiary/aromatic N) is 5. The van der Waals surface area contributed by atoms with Gasteiger partial charge in [0, 0.05) is 12.2 Å². The van der Waals surface area contributed by atoms with E-state index in [4.69, 9.17) is 5.73 Å². The van der Waals surface area contributed by atoms with Crippen LogP contribution in [0.1, 0.15) is 24.7 Å². The van der Waals surface area contributed by atoms with Gasteiger partial charge in [-0.1, -0.05) is 47.7 Å². The lowest BCUT2D eigenvalue weighted by Crippen LogP contribution is -2.06. The molecule has 10 heteroatoms. The Morgan fingerprint density at radius 1 is 1.12 bits per heavy atom. The summed E-state index contributed by atoms with van der Waals surface area (Å²) in [6.07, 6.45) is 1.04. The molecular weight excluding hydrogens is 368 g/mol. The zero-order valence-corrected chi connectivity index (χ0v) is 16.2. The average Bonchev–Trinajstić information content (AvgIpc) is 3.08. The Morgan fingerprint density at radius 3 is 2.69 bits per heavy atom. The molecule has 3 aromatic rings. The highest BCUT2D eigenvalue weighted by Crippen LogP contribution is 2.27. The predicted octanol–water partition coefficient (Wildman–Crippen LogP) is 3.47. The van der Waals surface area contributed by atoms with Crippen LogP contribution in [0.4, 0.5) is 22.7 Å². The van der Waals surface area contributed by atoms with Gasteiger partial charge in [-0.25, -0.2) is 0 Å². The van der Waals surface area contributed by atoms with Crippen molar-refractivity contribution >= 4 is 45.8 Å². The maximum Gasteiger partial charge on any atom is 0.232 e. The molecule has 0 fully saturated rings. The number of aryl methyl sites for hydroxylation is 1. The predicted molar refractivity (Wildman–Crippen MR) is 107 cm³/mol. The summed E-state index contributed by atoms with van der Waals surface area (Å²) in [6.45, 7) is 5.03. The third-order valence-corrected chi connectivity index (χ3v) is 5.27. The summed E-state index contributed by atoms with van der Waals surface area (Å²) in [5.41, 5.74) is 7.90. The van der Waals surface area contributed by atoms with Crippen LogP contribution >= 0.6 is 23.1 Å². The molecule has 136 valence electrons. The lowest BCUT2D eigenvalue weighted by Gasteiger charge is -2.07. The summed E-state index contributed by atoms with van der Waals surface area (Å²) in [5.74, 6) is 1.75. The molecule has 0 atom stereocenters. The molecular formula is C16H20N8S2. The van der Waals surface area contributed by atoms with Crippen LogP contribution in [0.2, 0.25) is 0 Å². The van der Waals surface area contributed by atoms with E-state index in [-0.39, 0.29) is 5.95 Å². The zero-order valence-electron chi connectivity index (χ0n) is 14.6. The van der Waals surface area contributed by atoms with Gasteiger partial charge in [-0.15, -0.1) is 10.2 Å². The molecule has 0 saturated heterocycles. The van der Waals surface area contributed by atoms with E-state index in [1.165, 1.54) is 28.7 Å². The van der Waals surface area contributed by atoms with E-state index >= 15 is 0 Å². The fourth-order valence-electron chi connectivity index (χ4n) is 2.02. The normalized spacial score (nSPS) is 10.7. The van der Waals surface area contributed by atoms with E-state index in [2.05, 4.69) is 42.7 Å². The van der Waals surface area contributed by atoms with Gasteiger partial charge in [-0.3, -0.25) is 0 Å². The minimum atomic E-state index is 0.188. The van der Waals surface area contributed by atoms with Crippen molar-refractivity contribution in [2.45, 2.75) is 30.4 Å². The van der Waals surface area contributed by atoms with E-state index in [1.54, 1.807) is 0 Å². The van der Waals surface area contributed by atoms with Crippen LogP contribution in [-0.2, 0) is 5.75 Å². The lowest BCUT2D eigenvalue weighted by molar-refractivity contribution is 0.949. The van der Waals surface area contributed by atoms with E-state index in [0.717, 1.165) is 28.1 Å². The van der Waals surface area contributed by atoms with Crippen LogP contribution in [-0.4, -0.2) is 31.7 Å². The molecule has 0 aliphatic rings. The Bertz CT molecular complexity index is 850. The van der Waals surface area contributed by atoms with Crippen molar-refractivity contribution in [1.82, 2.24) is 25.1 Å². The monoisotopic (exact) mass is 388 g/mol. The van der Waals surface area contributed by atoms with Crippen molar-refractivity contribution in [3.8, 4) is 0 Å². The molecule has 2 heterocycles. The molecule has 4 N–H and O–H groups in total. The highest BCUT2D eigenvalue weighted by atomic mass is 32.2. The van der Waals surface area contributed by atoms with Gasteiger partial charge in [0.2, 0.25) is 17.0 Å². The molecule has 0 saturated carbocycles. The minimum absolute atomic E-state index is 0.188. The first-order chi connectivity index (χ1) is 12.6. The topological polar surface area (TPSA) is 115 Å². The number of nitrogen functional groups attached to an aromatic ring is 1. The molecule has 0 amide bonds. The molecule has 0 bridgehead atoms. The summed E-state index contributed by atoms with van der Waals surface area (Å²) in [7, 11) is 0. The van der Waals surface area contributed by atoms with Crippen LogP contribution < -0.4 is 16.4 Å². The fraction of sp³-hybridized carbons (Fsp3) is 0.312. The first kappa shape index (κ1) is 18.3. The van der Waals surface area contributed by atoms with Gasteiger partial charge < -0.3 is 16.4 Å². The Labute approximate surface area is 160 Å². The number of rotatable bonds is 8. The second-order valence-corrected chi connectivity index (χ2v) is 7.71. The van der Waals surface area contributed by atoms with Crippen LogP contribution in [0.15, 0.2) is 28.6 Å². The maximum atomic E-state index is 5.82. The number of benzene rings is 1. The quantitative estimate of drug-likeness (QED) is 0.499. The SMILES string of the molecule is CCCNc1nnc(SCc2nc(N)nc(Nc3ccc(C)cc3)n2)s1. The van der Waals surface area contributed by atoms with E-state index in [9.17, 15) is 0 Å². The third-order valence-electron chi connectivity index (χ3n) is 3.26. The summed E-state index contributed by atoms with van der Waals surface area (Å²) >= 11 is 3.04. The van der Waals surface area contributed by atoms with Gasteiger partial charge in [0.05, 0.1) is 5.75 Å². The largest absolute Gasteiger partial charge is 0.368 e. The molecule has 3 rings (SSSR count). The number of nitrogens with two attached hydrogens (primary N) is 1. The van der Waals surface area contributed by atoms with E-state index < -0.39 is 0 Å². The summed E-state index contributed by atoms with van der Waals surface area (Å²) in [6, 6.07) is 7.97. The molecule has 0 radical (unpaired) electrons. The van der Waals surface area contributed by atoms with Gasteiger partial charge in [0.25, 0.3) is 0 Å². The second kappa shape index (κ2) is 8.77. The number of thioether (sulfide) groups is 1. The minimum Gasteiger partial charge on any atom is -0.368 e. The van der Waals surface area contributed by atoms with Crippen molar-refractivity contribution < 1.29 is 0 Å². The number of nitrogens with one attached hydrogen (secondary N) is 2. The maximum absolute atomic E-state index is 5.82. The molecule has 0 aliphatic heterocycles. The fourth-order valence-corrected chi connectivity index (χ4v) is 3.65. The molecule has 0 unspecified atom stereocenters. The lowest BCUT2D eigenvalue weighted by atomic mass is 10.2. The van der Waals surface area contributed by atoms with Crippen molar-refractivity contribution in [2.75, 3.05) is 22.9 Å². The van der Waals surface area contributed by atoms with Crippen LogP contribution in [0.3, 0.4) is 0 Å². The van der Waals surface area contributed by atoms with Gasteiger partial charge in [-0.05, 0) is 25.5 Å².